The monoisotopic (exact) mass is 294 g/mol. The van der Waals surface area contributed by atoms with E-state index in [1.54, 1.807) is 6.26 Å². The van der Waals surface area contributed by atoms with Crippen LogP contribution in [0.2, 0.25) is 0 Å². The van der Waals surface area contributed by atoms with Crippen LogP contribution in [0, 0.1) is 0 Å². The summed E-state index contributed by atoms with van der Waals surface area (Å²) in [5.74, 6) is 0.743. The zero-order valence-corrected chi connectivity index (χ0v) is 12.4. The van der Waals surface area contributed by atoms with Crippen molar-refractivity contribution in [3.63, 3.8) is 0 Å². The van der Waals surface area contributed by atoms with Crippen molar-refractivity contribution in [1.29, 1.82) is 0 Å². The molecular weight excluding hydrogens is 276 g/mol. The van der Waals surface area contributed by atoms with E-state index in [1.165, 1.54) is 0 Å². The Morgan fingerprint density at radius 1 is 1.09 bits per heavy atom. The van der Waals surface area contributed by atoms with E-state index in [2.05, 4.69) is 10.6 Å². The molecule has 1 aromatic heterocycles. The number of fused-ring (bicyclic) bond motifs is 1. The van der Waals surface area contributed by atoms with Gasteiger partial charge in [-0.3, -0.25) is 10.1 Å². The molecule has 1 amide bonds. The fourth-order valence-corrected chi connectivity index (χ4v) is 2.41. The molecule has 0 unspecified atom stereocenters. The van der Waals surface area contributed by atoms with E-state index < -0.39 is 0 Å². The summed E-state index contributed by atoms with van der Waals surface area (Å²) in [5.41, 5.74) is 0.829. The second-order valence-corrected chi connectivity index (χ2v) is 5.19. The van der Waals surface area contributed by atoms with Gasteiger partial charge < -0.3 is 9.73 Å². The van der Waals surface area contributed by atoms with Crippen LogP contribution in [0.5, 0.6) is 0 Å². The summed E-state index contributed by atoms with van der Waals surface area (Å²) in [6.07, 6.45) is 1.63. The maximum absolute atomic E-state index is 12.1. The molecule has 0 spiro atoms. The Kier molecular flexibility index (Phi) is 4.21. The van der Waals surface area contributed by atoms with Gasteiger partial charge in [-0.25, -0.2) is 0 Å². The summed E-state index contributed by atoms with van der Waals surface area (Å²) in [5, 5.41) is 8.25. The van der Waals surface area contributed by atoms with Gasteiger partial charge in [-0.2, -0.15) is 0 Å². The number of carbonyl (C=O) groups excluding carboxylic acids is 1. The molecule has 0 aliphatic carbocycles. The highest BCUT2D eigenvalue weighted by Gasteiger charge is 2.10. The molecule has 2 aromatic carbocycles. The maximum atomic E-state index is 12.1. The number of amides is 1. The molecule has 0 saturated carbocycles. The van der Waals surface area contributed by atoms with Gasteiger partial charge in [0.25, 0.3) is 0 Å². The van der Waals surface area contributed by atoms with E-state index in [1.807, 2.05) is 61.5 Å². The minimum Gasteiger partial charge on any atom is -0.468 e. The SMILES string of the molecule is C[C@H](NCC(=O)Nc1cccc2ccccc12)c1ccco1. The van der Waals surface area contributed by atoms with Gasteiger partial charge in [0.1, 0.15) is 5.76 Å². The molecule has 3 aromatic rings. The fraction of sp³-hybridized carbons (Fsp3) is 0.167. The molecule has 1 atom stereocenters. The van der Waals surface area contributed by atoms with Gasteiger partial charge in [0.05, 0.1) is 18.8 Å². The minimum absolute atomic E-state index is 0.00623. The quantitative estimate of drug-likeness (QED) is 0.754. The molecule has 4 heteroatoms. The number of furan rings is 1. The van der Waals surface area contributed by atoms with Crippen molar-refractivity contribution in [3.8, 4) is 0 Å². The van der Waals surface area contributed by atoms with Crippen molar-refractivity contribution in [2.45, 2.75) is 13.0 Å². The smallest absolute Gasteiger partial charge is 0.238 e. The molecular formula is C18H18N2O2. The Balaban J connectivity index is 1.64. The van der Waals surface area contributed by atoms with Crippen LogP contribution in [-0.2, 0) is 4.79 Å². The number of rotatable bonds is 5. The van der Waals surface area contributed by atoms with E-state index >= 15 is 0 Å². The number of carbonyl (C=O) groups is 1. The standard InChI is InChI=1S/C18H18N2O2/c1-13(17-10-5-11-22-17)19-12-18(21)20-16-9-4-7-14-6-2-3-8-15(14)16/h2-11,13,19H,12H2,1H3,(H,20,21)/t13-/m0/s1. The summed E-state index contributed by atoms with van der Waals surface area (Å²) in [6.45, 7) is 2.19. The lowest BCUT2D eigenvalue weighted by Gasteiger charge is -2.12. The zero-order chi connectivity index (χ0) is 15.4. The molecule has 0 aliphatic heterocycles. The average molecular weight is 294 g/mol. The predicted octanol–water partition coefficient (Wildman–Crippen LogP) is 3.72. The summed E-state index contributed by atoms with van der Waals surface area (Å²) in [6, 6.07) is 17.6. The van der Waals surface area contributed by atoms with E-state index in [-0.39, 0.29) is 18.5 Å². The lowest BCUT2D eigenvalue weighted by molar-refractivity contribution is -0.115. The number of hydrogen-bond donors (Lipinski definition) is 2. The van der Waals surface area contributed by atoms with Gasteiger partial charge in [-0.1, -0.05) is 36.4 Å². The Morgan fingerprint density at radius 3 is 2.73 bits per heavy atom. The second kappa shape index (κ2) is 6.45. The van der Waals surface area contributed by atoms with E-state index in [0.29, 0.717) is 0 Å². The zero-order valence-electron chi connectivity index (χ0n) is 12.4. The lowest BCUT2D eigenvalue weighted by atomic mass is 10.1. The van der Waals surface area contributed by atoms with E-state index in [4.69, 9.17) is 4.42 Å². The molecule has 0 aliphatic rings. The van der Waals surface area contributed by atoms with Crippen LogP contribution in [0.15, 0.2) is 65.3 Å². The highest BCUT2D eigenvalue weighted by atomic mass is 16.3. The van der Waals surface area contributed by atoms with Crippen LogP contribution in [0.4, 0.5) is 5.69 Å². The first-order valence-corrected chi connectivity index (χ1v) is 7.28. The van der Waals surface area contributed by atoms with Gasteiger partial charge in [0, 0.05) is 11.1 Å². The predicted molar refractivity (Wildman–Crippen MR) is 87.7 cm³/mol. The molecule has 2 N–H and O–H groups in total. The first-order valence-electron chi connectivity index (χ1n) is 7.28. The normalized spacial score (nSPS) is 12.2. The van der Waals surface area contributed by atoms with Crippen LogP contribution in [0.1, 0.15) is 18.7 Å². The first-order chi connectivity index (χ1) is 10.7. The van der Waals surface area contributed by atoms with Gasteiger partial charge in [-0.15, -0.1) is 0 Å². The summed E-state index contributed by atoms with van der Waals surface area (Å²) >= 11 is 0. The van der Waals surface area contributed by atoms with Crippen LogP contribution in [-0.4, -0.2) is 12.5 Å². The molecule has 4 nitrogen and oxygen atoms in total. The summed E-state index contributed by atoms with van der Waals surface area (Å²) < 4.78 is 5.31. The molecule has 0 saturated heterocycles. The van der Waals surface area contributed by atoms with Crippen molar-refractivity contribution < 1.29 is 9.21 Å². The van der Waals surface area contributed by atoms with Crippen LogP contribution < -0.4 is 10.6 Å². The molecule has 0 bridgehead atoms. The van der Waals surface area contributed by atoms with Crippen LogP contribution in [0.25, 0.3) is 10.8 Å². The Bertz CT molecular complexity index is 760. The van der Waals surface area contributed by atoms with Crippen molar-refractivity contribution in [2.75, 3.05) is 11.9 Å². The topological polar surface area (TPSA) is 54.3 Å². The molecule has 22 heavy (non-hydrogen) atoms. The average Bonchev–Trinajstić information content (AvgIpc) is 3.07. The summed E-state index contributed by atoms with van der Waals surface area (Å²) in [7, 11) is 0. The summed E-state index contributed by atoms with van der Waals surface area (Å²) in [4.78, 5) is 12.1. The maximum Gasteiger partial charge on any atom is 0.238 e. The lowest BCUT2D eigenvalue weighted by Crippen LogP contribution is -2.30. The van der Waals surface area contributed by atoms with E-state index in [0.717, 1.165) is 22.2 Å². The number of nitrogens with one attached hydrogen (secondary N) is 2. The highest BCUT2D eigenvalue weighted by molar-refractivity contribution is 6.02. The van der Waals surface area contributed by atoms with Gasteiger partial charge >= 0.3 is 0 Å². The van der Waals surface area contributed by atoms with E-state index in [9.17, 15) is 4.79 Å². The minimum atomic E-state index is -0.0743. The third kappa shape index (κ3) is 3.18. The second-order valence-electron chi connectivity index (χ2n) is 5.19. The van der Waals surface area contributed by atoms with Crippen molar-refractivity contribution in [3.05, 3.63) is 66.6 Å². The Morgan fingerprint density at radius 2 is 1.91 bits per heavy atom. The van der Waals surface area contributed by atoms with Crippen LogP contribution >= 0.6 is 0 Å². The molecule has 112 valence electrons. The Hall–Kier alpha value is -2.59. The third-order valence-corrected chi connectivity index (χ3v) is 3.60. The number of anilines is 1. The highest BCUT2D eigenvalue weighted by Crippen LogP contribution is 2.22. The largest absolute Gasteiger partial charge is 0.468 e. The molecule has 0 radical (unpaired) electrons. The van der Waals surface area contributed by atoms with Crippen molar-refractivity contribution >= 4 is 22.4 Å². The molecule has 1 heterocycles. The van der Waals surface area contributed by atoms with Gasteiger partial charge in [0.15, 0.2) is 0 Å². The molecule has 0 fully saturated rings. The number of benzene rings is 2. The van der Waals surface area contributed by atoms with Crippen LogP contribution in [0.3, 0.4) is 0 Å². The Labute approximate surface area is 129 Å². The number of hydrogen-bond acceptors (Lipinski definition) is 3. The first kappa shape index (κ1) is 14.4. The van der Waals surface area contributed by atoms with Crippen molar-refractivity contribution in [1.82, 2.24) is 5.32 Å². The molecule has 3 rings (SSSR count). The third-order valence-electron chi connectivity index (χ3n) is 3.60. The van der Waals surface area contributed by atoms with Crippen molar-refractivity contribution in [2.24, 2.45) is 0 Å². The van der Waals surface area contributed by atoms with Gasteiger partial charge in [0.2, 0.25) is 5.91 Å². The fourth-order valence-electron chi connectivity index (χ4n) is 2.41. The van der Waals surface area contributed by atoms with Gasteiger partial charge in [-0.05, 0) is 30.5 Å².